The zero-order valence-corrected chi connectivity index (χ0v) is 14.8. The highest BCUT2D eigenvalue weighted by Gasteiger charge is 2.38. The lowest BCUT2D eigenvalue weighted by molar-refractivity contribution is 0.569. The van der Waals surface area contributed by atoms with Gasteiger partial charge in [-0.2, -0.15) is 0 Å². The van der Waals surface area contributed by atoms with Crippen LogP contribution < -0.4 is 0 Å². The number of sulfone groups is 1. The van der Waals surface area contributed by atoms with Gasteiger partial charge in [0.05, 0.1) is 9.80 Å². The maximum absolute atomic E-state index is 12.8. The minimum Gasteiger partial charge on any atom is -0.219 e. The lowest BCUT2D eigenvalue weighted by Crippen LogP contribution is -2.13. The first-order valence-corrected chi connectivity index (χ1v) is 9.55. The van der Waals surface area contributed by atoms with Crippen LogP contribution in [-0.4, -0.2) is 8.42 Å². The molecule has 0 saturated carbocycles. The SMILES string of the molecule is CC(C)C1=CC2=C(CC1C)S(=O)(=O)c1ccc(C(C)C)cc12. The van der Waals surface area contributed by atoms with Gasteiger partial charge in [0.25, 0.3) is 0 Å². The summed E-state index contributed by atoms with van der Waals surface area (Å²) in [6, 6.07) is 5.83. The van der Waals surface area contributed by atoms with E-state index in [4.69, 9.17) is 0 Å². The van der Waals surface area contributed by atoms with Crippen LogP contribution in [0.15, 0.2) is 39.6 Å². The molecule has 1 unspecified atom stereocenters. The summed E-state index contributed by atoms with van der Waals surface area (Å²) in [5, 5.41) is 0. The third-order valence-corrected chi connectivity index (χ3v) is 6.88. The highest BCUT2D eigenvalue weighted by Crippen LogP contribution is 2.48. The Morgan fingerprint density at radius 2 is 1.77 bits per heavy atom. The average Bonchev–Trinajstić information content (AvgIpc) is 2.66. The molecule has 0 spiro atoms. The first kappa shape index (κ1) is 15.5. The molecule has 1 heterocycles. The summed E-state index contributed by atoms with van der Waals surface area (Å²) < 4.78 is 25.7. The van der Waals surface area contributed by atoms with E-state index in [-0.39, 0.29) is 0 Å². The summed E-state index contributed by atoms with van der Waals surface area (Å²) in [4.78, 5) is 1.12. The maximum atomic E-state index is 12.8. The Hall–Kier alpha value is -1.35. The van der Waals surface area contributed by atoms with Crippen molar-refractivity contribution in [3.8, 4) is 0 Å². The third-order valence-electron chi connectivity index (χ3n) is 4.91. The van der Waals surface area contributed by atoms with Gasteiger partial charge in [-0.05, 0) is 47.4 Å². The number of hydrogen-bond donors (Lipinski definition) is 0. The van der Waals surface area contributed by atoms with Crippen molar-refractivity contribution in [2.24, 2.45) is 11.8 Å². The molecule has 0 aromatic heterocycles. The topological polar surface area (TPSA) is 34.1 Å². The summed E-state index contributed by atoms with van der Waals surface area (Å²) in [6.07, 6.45) is 2.77. The lowest BCUT2D eigenvalue weighted by atomic mass is 9.81. The third kappa shape index (κ3) is 2.18. The number of rotatable bonds is 2. The smallest absolute Gasteiger partial charge is 0.204 e. The molecule has 0 fully saturated rings. The molecule has 3 heteroatoms. The van der Waals surface area contributed by atoms with E-state index >= 15 is 0 Å². The van der Waals surface area contributed by atoms with Crippen LogP contribution in [0.4, 0.5) is 0 Å². The van der Waals surface area contributed by atoms with Crippen LogP contribution in [0.2, 0.25) is 0 Å². The zero-order chi connectivity index (χ0) is 16.2. The van der Waals surface area contributed by atoms with E-state index in [1.54, 1.807) is 6.07 Å². The molecule has 1 aromatic rings. The van der Waals surface area contributed by atoms with Crippen LogP contribution in [0.5, 0.6) is 0 Å². The van der Waals surface area contributed by atoms with Gasteiger partial charge in [0.1, 0.15) is 0 Å². The Bertz CT molecular complexity index is 793. The van der Waals surface area contributed by atoms with Crippen molar-refractivity contribution in [3.63, 3.8) is 0 Å². The zero-order valence-electron chi connectivity index (χ0n) is 14.0. The molecule has 1 aliphatic heterocycles. The van der Waals surface area contributed by atoms with Gasteiger partial charge in [-0.1, -0.05) is 52.3 Å². The molecule has 22 heavy (non-hydrogen) atoms. The fourth-order valence-electron chi connectivity index (χ4n) is 3.60. The molecule has 3 rings (SSSR count). The molecule has 0 bridgehead atoms. The van der Waals surface area contributed by atoms with Crippen molar-refractivity contribution in [3.05, 3.63) is 45.9 Å². The molecular formula is C19H24O2S. The molecule has 2 aliphatic rings. The number of benzene rings is 1. The number of allylic oxidation sites excluding steroid dienone is 4. The van der Waals surface area contributed by atoms with Gasteiger partial charge < -0.3 is 0 Å². The van der Waals surface area contributed by atoms with Crippen molar-refractivity contribution in [2.75, 3.05) is 0 Å². The van der Waals surface area contributed by atoms with Gasteiger partial charge >= 0.3 is 0 Å². The van der Waals surface area contributed by atoms with Crippen LogP contribution in [0.25, 0.3) is 5.57 Å². The largest absolute Gasteiger partial charge is 0.219 e. The van der Waals surface area contributed by atoms with Crippen LogP contribution in [0.1, 0.15) is 58.1 Å². The molecule has 1 aliphatic carbocycles. The van der Waals surface area contributed by atoms with Crippen molar-refractivity contribution in [1.29, 1.82) is 0 Å². The minimum atomic E-state index is -3.30. The average molecular weight is 316 g/mol. The normalized spacial score (nSPS) is 22.9. The molecule has 1 atom stereocenters. The molecule has 0 saturated heterocycles. The molecule has 0 amide bonds. The second kappa shape index (κ2) is 5.09. The van der Waals surface area contributed by atoms with E-state index in [9.17, 15) is 8.42 Å². The van der Waals surface area contributed by atoms with Crippen molar-refractivity contribution < 1.29 is 8.42 Å². The van der Waals surface area contributed by atoms with Crippen molar-refractivity contribution in [1.82, 2.24) is 0 Å². The van der Waals surface area contributed by atoms with Crippen LogP contribution >= 0.6 is 0 Å². The molecule has 118 valence electrons. The van der Waals surface area contributed by atoms with Crippen LogP contribution in [0.3, 0.4) is 0 Å². The van der Waals surface area contributed by atoms with Gasteiger partial charge in [0.15, 0.2) is 0 Å². The van der Waals surface area contributed by atoms with Crippen LogP contribution in [0, 0.1) is 11.8 Å². The van der Waals surface area contributed by atoms with Gasteiger partial charge in [0, 0.05) is 5.56 Å². The molecule has 0 radical (unpaired) electrons. The monoisotopic (exact) mass is 316 g/mol. The van der Waals surface area contributed by atoms with Gasteiger partial charge in [0.2, 0.25) is 9.84 Å². The summed E-state index contributed by atoms with van der Waals surface area (Å²) in [5.41, 5.74) is 4.41. The van der Waals surface area contributed by atoms with Crippen LogP contribution in [-0.2, 0) is 9.84 Å². The molecule has 0 N–H and O–H groups in total. The number of hydrogen-bond acceptors (Lipinski definition) is 2. The van der Waals surface area contributed by atoms with Crippen molar-refractivity contribution in [2.45, 2.75) is 51.9 Å². The van der Waals surface area contributed by atoms with Gasteiger partial charge in [-0.15, -0.1) is 0 Å². The lowest BCUT2D eigenvalue weighted by Gasteiger charge is -2.24. The van der Waals surface area contributed by atoms with E-state index in [0.29, 0.717) is 34.0 Å². The second-order valence-electron chi connectivity index (χ2n) is 7.15. The second-order valence-corrected chi connectivity index (χ2v) is 9.09. The molecule has 2 nitrogen and oxygen atoms in total. The van der Waals surface area contributed by atoms with E-state index in [2.05, 4.69) is 46.8 Å². The first-order valence-electron chi connectivity index (χ1n) is 8.07. The molecular weight excluding hydrogens is 292 g/mol. The van der Waals surface area contributed by atoms with Crippen molar-refractivity contribution >= 4 is 15.4 Å². The standard InChI is InChI=1S/C19H24O2S/c1-11(2)14-6-7-18-16(9-14)17-10-15(12(3)4)13(5)8-19(17)22(18,20)21/h6-7,9-13H,8H2,1-5H3. The Labute approximate surface area is 133 Å². The Morgan fingerprint density at radius 3 is 2.36 bits per heavy atom. The highest BCUT2D eigenvalue weighted by molar-refractivity contribution is 7.96. The minimum absolute atomic E-state index is 0.299. The predicted octanol–water partition coefficient (Wildman–Crippen LogP) is 4.93. The van der Waals surface area contributed by atoms with E-state index in [0.717, 1.165) is 11.1 Å². The fraction of sp³-hybridized carbons (Fsp3) is 0.474. The first-order chi connectivity index (χ1) is 10.2. The predicted molar refractivity (Wildman–Crippen MR) is 91.3 cm³/mol. The van der Waals surface area contributed by atoms with E-state index < -0.39 is 9.84 Å². The Balaban J connectivity index is 2.25. The molecule has 1 aromatic carbocycles. The summed E-state index contributed by atoms with van der Waals surface area (Å²) in [7, 11) is -3.30. The maximum Gasteiger partial charge on any atom is 0.204 e. The Morgan fingerprint density at radius 1 is 1.09 bits per heavy atom. The highest BCUT2D eigenvalue weighted by atomic mass is 32.2. The van der Waals surface area contributed by atoms with E-state index in [1.165, 1.54) is 11.1 Å². The summed E-state index contributed by atoms with van der Waals surface area (Å²) in [5.74, 6) is 1.14. The van der Waals surface area contributed by atoms with E-state index in [1.807, 2.05) is 6.07 Å². The Kier molecular flexibility index (Phi) is 3.59. The van der Waals surface area contributed by atoms with Gasteiger partial charge in [-0.25, -0.2) is 8.42 Å². The quantitative estimate of drug-likeness (QED) is 0.775. The summed E-state index contributed by atoms with van der Waals surface area (Å²) >= 11 is 0. The number of fused-ring (bicyclic) bond motifs is 2. The fourth-order valence-corrected chi connectivity index (χ4v) is 5.50. The summed E-state index contributed by atoms with van der Waals surface area (Å²) in [6.45, 7) is 10.8. The van der Waals surface area contributed by atoms with Gasteiger partial charge in [-0.3, -0.25) is 0 Å².